The van der Waals surface area contributed by atoms with Gasteiger partial charge < -0.3 is 21.1 Å². The molecule has 6 nitrogen and oxygen atoms in total. The van der Waals surface area contributed by atoms with Gasteiger partial charge in [0.1, 0.15) is 5.75 Å². The van der Waals surface area contributed by atoms with Crippen LogP contribution in [0, 0.1) is 6.92 Å². The summed E-state index contributed by atoms with van der Waals surface area (Å²) in [6.45, 7) is 3.87. The highest BCUT2D eigenvalue weighted by Gasteiger charge is 2.06. The molecule has 0 saturated heterocycles. The zero-order chi connectivity index (χ0) is 17.5. The van der Waals surface area contributed by atoms with Crippen LogP contribution in [0.3, 0.4) is 0 Å². The summed E-state index contributed by atoms with van der Waals surface area (Å²) in [5, 5.41) is 5.78. The van der Waals surface area contributed by atoms with Crippen LogP contribution in [0.15, 0.2) is 47.5 Å². The molecule has 4 N–H and O–H groups in total. The molecule has 0 aliphatic heterocycles. The van der Waals surface area contributed by atoms with E-state index in [0.717, 1.165) is 11.3 Å². The number of methoxy groups -OCH3 is 1. The van der Waals surface area contributed by atoms with Gasteiger partial charge in [0.2, 0.25) is 5.91 Å². The molecule has 0 aliphatic carbocycles. The van der Waals surface area contributed by atoms with E-state index in [1.165, 1.54) is 12.5 Å². The number of guanidine groups is 1. The number of carbonyl (C=O) groups is 1. The zero-order valence-electron chi connectivity index (χ0n) is 14.5. The third kappa shape index (κ3) is 6.61. The highest BCUT2D eigenvalue weighted by Crippen LogP contribution is 2.25. The first kappa shape index (κ1) is 20.8. The quantitative estimate of drug-likeness (QED) is 0.367. The van der Waals surface area contributed by atoms with Crippen molar-refractivity contribution in [3.8, 4) is 5.75 Å². The van der Waals surface area contributed by atoms with Crippen molar-refractivity contribution in [1.82, 2.24) is 0 Å². The lowest BCUT2D eigenvalue weighted by molar-refractivity contribution is -0.114. The van der Waals surface area contributed by atoms with Crippen LogP contribution >= 0.6 is 24.0 Å². The maximum atomic E-state index is 11.3. The summed E-state index contributed by atoms with van der Waals surface area (Å²) in [5.74, 6) is 0.772. The first-order valence-electron chi connectivity index (χ1n) is 7.56. The number of nitrogens with zero attached hydrogens (tertiary/aromatic N) is 1. The first-order valence-corrected chi connectivity index (χ1v) is 7.56. The predicted octanol–water partition coefficient (Wildman–Crippen LogP) is 3.51. The Kier molecular flexibility index (Phi) is 8.20. The Morgan fingerprint density at radius 2 is 1.84 bits per heavy atom. The van der Waals surface area contributed by atoms with Crippen molar-refractivity contribution in [3.63, 3.8) is 0 Å². The van der Waals surface area contributed by atoms with Gasteiger partial charge >= 0.3 is 0 Å². The van der Waals surface area contributed by atoms with Crippen LogP contribution in [0.5, 0.6) is 5.75 Å². The second kappa shape index (κ2) is 9.87. The monoisotopic (exact) mass is 454 g/mol. The van der Waals surface area contributed by atoms with Gasteiger partial charge in [-0.1, -0.05) is 23.8 Å². The molecule has 0 aromatic heterocycles. The number of anilines is 2. The van der Waals surface area contributed by atoms with Gasteiger partial charge in [-0.2, -0.15) is 0 Å². The standard InChI is InChI=1S/C18H22N4O2.HI/c1-12-4-7-15(8-5-12)22-18(19)20-11-14-6-9-17(24-3)16(10-14)21-13(2)23;/h4-10H,11H2,1-3H3,(H,21,23)(H3,19,20,22);1H. The summed E-state index contributed by atoms with van der Waals surface area (Å²) < 4.78 is 5.23. The van der Waals surface area contributed by atoms with Crippen molar-refractivity contribution in [2.75, 3.05) is 17.7 Å². The van der Waals surface area contributed by atoms with E-state index < -0.39 is 0 Å². The second-order valence-corrected chi connectivity index (χ2v) is 5.41. The fourth-order valence-corrected chi connectivity index (χ4v) is 2.14. The normalized spacial score (nSPS) is 10.6. The largest absolute Gasteiger partial charge is 0.495 e. The molecule has 0 bridgehead atoms. The van der Waals surface area contributed by atoms with Gasteiger partial charge in [0.25, 0.3) is 0 Å². The summed E-state index contributed by atoms with van der Waals surface area (Å²) in [6.07, 6.45) is 0. The number of ether oxygens (including phenoxy) is 1. The predicted molar refractivity (Wildman–Crippen MR) is 113 cm³/mol. The topological polar surface area (TPSA) is 88.7 Å². The van der Waals surface area contributed by atoms with Gasteiger partial charge in [0.15, 0.2) is 5.96 Å². The van der Waals surface area contributed by atoms with Gasteiger partial charge in [-0.05, 0) is 36.8 Å². The summed E-state index contributed by atoms with van der Waals surface area (Å²) in [6, 6.07) is 13.4. The number of amides is 1. The van der Waals surface area contributed by atoms with Crippen molar-refractivity contribution in [2.45, 2.75) is 20.4 Å². The van der Waals surface area contributed by atoms with Gasteiger partial charge in [0, 0.05) is 12.6 Å². The van der Waals surface area contributed by atoms with Crippen LogP contribution in [0.4, 0.5) is 11.4 Å². The molecule has 0 atom stereocenters. The summed E-state index contributed by atoms with van der Waals surface area (Å²) in [5.41, 5.74) is 9.50. The van der Waals surface area contributed by atoms with Gasteiger partial charge in [-0.3, -0.25) is 4.79 Å². The smallest absolute Gasteiger partial charge is 0.221 e. The van der Waals surface area contributed by atoms with Crippen molar-refractivity contribution < 1.29 is 9.53 Å². The minimum absolute atomic E-state index is 0. The molecule has 0 heterocycles. The Bertz CT molecular complexity index is 745. The molecule has 2 aromatic rings. The second-order valence-electron chi connectivity index (χ2n) is 5.41. The van der Waals surface area contributed by atoms with E-state index in [4.69, 9.17) is 10.5 Å². The fraction of sp³-hybridized carbons (Fsp3) is 0.222. The van der Waals surface area contributed by atoms with E-state index in [2.05, 4.69) is 15.6 Å². The number of carbonyl (C=O) groups excluding carboxylic acids is 1. The number of halogens is 1. The van der Waals surface area contributed by atoms with Crippen LogP contribution in [-0.4, -0.2) is 19.0 Å². The maximum absolute atomic E-state index is 11.3. The van der Waals surface area contributed by atoms with Crippen LogP contribution in [0.25, 0.3) is 0 Å². The third-order valence-corrected chi connectivity index (χ3v) is 3.33. The van der Waals surface area contributed by atoms with Crippen LogP contribution in [0.1, 0.15) is 18.1 Å². The lowest BCUT2D eigenvalue weighted by Crippen LogP contribution is -2.22. The number of hydrogen-bond acceptors (Lipinski definition) is 3. The summed E-state index contributed by atoms with van der Waals surface area (Å²) >= 11 is 0. The van der Waals surface area contributed by atoms with Gasteiger partial charge in [-0.15, -0.1) is 24.0 Å². The molecule has 7 heteroatoms. The van der Waals surface area contributed by atoms with Crippen molar-refractivity contribution in [1.29, 1.82) is 0 Å². The SMILES string of the molecule is COc1ccc(CN=C(N)Nc2ccc(C)cc2)cc1NC(C)=O.I. The lowest BCUT2D eigenvalue weighted by atomic mass is 10.2. The Morgan fingerprint density at radius 1 is 1.16 bits per heavy atom. The average Bonchev–Trinajstić information content (AvgIpc) is 2.55. The van der Waals surface area contributed by atoms with E-state index in [9.17, 15) is 4.79 Å². The average molecular weight is 454 g/mol. The van der Waals surface area contributed by atoms with Crippen LogP contribution in [0.2, 0.25) is 0 Å². The molecule has 0 fully saturated rings. The molecule has 25 heavy (non-hydrogen) atoms. The number of aryl methyl sites for hydroxylation is 1. The van der Waals surface area contributed by atoms with E-state index in [-0.39, 0.29) is 29.9 Å². The number of nitrogens with one attached hydrogen (secondary N) is 2. The minimum atomic E-state index is -0.158. The zero-order valence-corrected chi connectivity index (χ0v) is 16.8. The Labute approximate surface area is 164 Å². The number of nitrogens with two attached hydrogens (primary N) is 1. The third-order valence-electron chi connectivity index (χ3n) is 3.33. The highest BCUT2D eigenvalue weighted by atomic mass is 127. The molecule has 2 aromatic carbocycles. The van der Waals surface area contributed by atoms with Crippen LogP contribution in [-0.2, 0) is 11.3 Å². The first-order chi connectivity index (χ1) is 11.5. The van der Waals surface area contributed by atoms with Crippen molar-refractivity contribution in [2.24, 2.45) is 10.7 Å². The molecule has 0 unspecified atom stereocenters. The minimum Gasteiger partial charge on any atom is -0.495 e. The molecular formula is C18H23IN4O2. The van der Waals surface area contributed by atoms with E-state index in [1.54, 1.807) is 13.2 Å². The number of aliphatic imine (C=N–C) groups is 1. The Morgan fingerprint density at radius 3 is 2.44 bits per heavy atom. The van der Waals surface area contributed by atoms with Gasteiger partial charge in [0.05, 0.1) is 19.3 Å². The molecule has 1 amide bonds. The molecule has 2 rings (SSSR count). The fourth-order valence-electron chi connectivity index (χ4n) is 2.14. The van der Waals surface area contributed by atoms with E-state index >= 15 is 0 Å². The van der Waals surface area contributed by atoms with E-state index in [0.29, 0.717) is 23.9 Å². The van der Waals surface area contributed by atoms with E-state index in [1.807, 2.05) is 43.3 Å². The Balaban J connectivity index is 0.00000312. The molecule has 0 radical (unpaired) electrons. The number of benzene rings is 2. The molecule has 0 spiro atoms. The van der Waals surface area contributed by atoms with Crippen molar-refractivity contribution >= 4 is 47.2 Å². The summed E-state index contributed by atoms with van der Waals surface area (Å²) in [7, 11) is 1.56. The molecule has 0 aliphatic rings. The Hall–Kier alpha value is -2.29. The van der Waals surface area contributed by atoms with Crippen molar-refractivity contribution in [3.05, 3.63) is 53.6 Å². The lowest BCUT2D eigenvalue weighted by Gasteiger charge is -2.10. The molecule has 134 valence electrons. The number of rotatable bonds is 5. The molecule has 0 saturated carbocycles. The van der Waals surface area contributed by atoms with Gasteiger partial charge in [-0.25, -0.2) is 4.99 Å². The van der Waals surface area contributed by atoms with Crippen LogP contribution < -0.4 is 21.1 Å². The summed E-state index contributed by atoms with van der Waals surface area (Å²) in [4.78, 5) is 15.6. The highest BCUT2D eigenvalue weighted by molar-refractivity contribution is 14.0. The molecular weight excluding hydrogens is 431 g/mol. The number of hydrogen-bond donors (Lipinski definition) is 3. The maximum Gasteiger partial charge on any atom is 0.221 e.